The summed E-state index contributed by atoms with van der Waals surface area (Å²) in [6.07, 6.45) is 10.6. The molecule has 0 aromatic heterocycles. The fraction of sp³-hybridized carbons (Fsp3) is 0.661. The summed E-state index contributed by atoms with van der Waals surface area (Å²) < 4.78 is 52.8. The fourth-order valence-electron chi connectivity index (χ4n) is 13.0. The van der Waals surface area contributed by atoms with E-state index in [1.54, 1.807) is 51.5 Å². The summed E-state index contributed by atoms with van der Waals surface area (Å²) in [5.41, 5.74) is 0.862. The summed E-state index contributed by atoms with van der Waals surface area (Å²) >= 11 is 0. The number of hydrogen-bond donors (Lipinski definition) is 2. The number of carbonyl (C=O) groups excluding carboxylic acids is 3. The number of ether oxygens (including phenoxy) is 8. The highest BCUT2D eigenvalue weighted by atomic mass is 16.7. The standard InChI is InChI=1S/C56H75NO14/c1-11-29(2)49-32(5)21-22-55(70-49)27-38-24-37(69-55)20-19-31(4)46(30(3)15-14-16-36-28-65-51-48(58)33(6)23-41(54(61)68-38)56(36,51)62)43-25-42(63-9)47(34(7)66-43)44-26-45(64-10)50(35(8)67-44)71-57-52(59)39-17-12-13-18-40(39)53(57)60/h12-19,21-23,29-30,32,34-35,37-38,41-51,58,62H,11,20,24-28H2,1-10H3/b15-14+,31-19+,36-16+/t29?,30-,32-,34-,35-,37+,38-,41-,42-,43+,44+,45-,46?,47?,48+,49+,50+,51+,55+,56+/m0/s1. The van der Waals surface area contributed by atoms with E-state index in [-0.39, 0.29) is 79.2 Å². The van der Waals surface area contributed by atoms with Crippen LogP contribution >= 0.6 is 0 Å². The van der Waals surface area contributed by atoms with Gasteiger partial charge in [-0.2, -0.15) is 0 Å². The molecule has 4 saturated heterocycles. The average Bonchev–Trinajstić information content (AvgIpc) is 3.81. The zero-order valence-corrected chi connectivity index (χ0v) is 42.9. The molecule has 0 saturated carbocycles. The number of aliphatic hydroxyl groups is 2. The van der Waals surface area contributed by atoms with Crippen LogP contribution in [-0.2, 0) is 47.5 Å². The number of hydrogen-bond acceptors (Lipinski definition) is 14. The summed E-state index contributed by atoms with van der Waals surface area (Å²) in [6, 6.07) is 6.67. The van der Waals surface area contributed by atoms with Crippen molar-refractivity contribution in [3.8, 4) is 0 Å². The van der Waals surface area contributed by atoms with E-state index in [0.717, 1.165) is 17.1 Å². The van der Waals surface area contributed by atoms with Crippen LogP contribution in [0.1, 0.15) is 115 Å². The Balaban J connectivity index is 0.997. The Kier molecular flexibility index (Phi) is 15.2. The Morgan fingerprint density at radius 2 is 1.55 bits per heavy atom. The van der Waals surface area contributed by atoms with Gasteiger partial charge < -0.3 is 48.1 Å². The van der Waals surface area contributed by atoms with E-state index >= 15 is 0 Å². The van der Waals surface area contributed by atoms with Gasteiger partial charge in [0.2, 0.25) is 0 Å². The maximum absolute atomic E-state index is 14.5. The summed E-state index contributed by atoms with van der Waals surface area (Å²) in [5.74, 6) is -3.87. The van der Waals surface area contributed by atoms with Gasteiger partial charge in [-0.05, 0) is 75.3 Å². The van der Waals surface area contributed by atoms with Crippen molar-refractivity contribution >= 4 is 17.8 Å². The molecule has 2 N–H and O–H groups in total. The molecule has 1 aliphatic carbocycles. The number of carbonyl (C=O) groups is 3. The molecule has 3 unspecified atom stereocenters. The number of fused-ring (bicyclic) bond motifs is 3. The first-order valence-corrected chi connectivity index (χ1v) is 25.9. The minimum atomic E-state index is -1.85. The molecule has 15 nitrogen and oxygen atoms in total. The number of rotatable bonds is 8. The lowest BCUT2D eigenvalue weighted by Gasteiger charge is -2.50. The van der Waals surface area contributed by atoms with Gasteiger partial charge in [0, 0.05) is 57.7 Å². The van der Waals surface area contributed by atoms with E-state index in [1.807, 2.05) is 25.2 Å². The van der Waals surface area contributed by atoms with Crippen LogP contribution in [0.15, 0.2) is 83.5 Å². The molecule has 4 fully saturated rings. The van der Waals surface area contributed by atoms with Gasteiger partial charge in [-0.1, -0.05) is 88.3 Å². The molecule has 7 heterocycles. The van der Waals surface area contributed by atoms with E-state index in [0.29, 0.717) is 48.0 Å². The second kappa shape index (κ2) is 20.8. The molecule has 8 aliphatic rings. The van der Waals surface area contributed by atoms with Crippen molar-refractivity contribution in [2.24, 2.45) is 35.5 Å². The van der Waals surface area contributed by atoms with Crippen molar-refractivity contribution < 1.29 is 67.3 Å². The van der Waals surface area contributed by atoms with E-state index in [1.165, 1.54) is 0 Å². The van der Waals surface area contributed by atoms with Gasteiger partial charge in [-0.15, -0.1) is 5.06 Å². The molecular formula is C56H75NO14. The quantitative estimate of drug-likeness (QED) is 0.152. The topological polar surface area (TPSA) is 178 Å². The van der Waals surface area contributed by atoms with Crippen molar-refractivity contribution in [1.82, 2.24) is 5.06 Å². The third-order valence-corrected chi connectivity index (χ3v) is 17.1. The van der Waals surface area contributed by atoms with E-state index < -0.39 is 71.7 Å². The predicted molar refractivity (Wildman–Crippen MR) is 260 cm³/mol. The van der Waals surface area contributed by atoms with Crippen molar-refractivity contribution in [3.05, 3.63) is 94.6 Å². The normalized spacial score (nSPS) is 45.2. The molecule has 9 rings (SSSR count). The van der Waals surface area contributed by atoms with Gasteiger partial charge in [0.15, 0.2) is 5.79 Å². The number of esters is 1. The number of nitrogens with zero attached hydrogens (tertiary/aromatic N) is 1. The Morgan fingerprint density at radius 1 is 0.859 bits per heavy atom. The van der Waals surface area contributed by atoms with Crippen LogP contribution in [0.4, 0.5) is 0 Å². The lowest BCUT2D eigenvalue weighted by atomic mass is 9.71. The molecular weight excluding hydrogens is 911 g/mol. The number of methoxy groups -OCH3 is 2. The van der Waals surface area contributed by atoms with E-state index in [4.69, 9.17) is 42.7 Å². The first-order valence-electron chi connectivity index (χ1n) is 25.9. The zero-order chi connectivity index (χ0) is 50.7. The summed E-state index contributed by atoms with van der Waals surface area (Å²) in [5, 5.41) is 24.8. The zero-order valence-electron chi connectivity index (χ0n) is 42.9. The van der Waals surface area contributed by atoms with Crippen LogP contribution in [-0.4, -0.2) is 139 Å². The fourth-order valence-corrected chi connectivity index (χ4v) is 13.0. The Bertz CT molecular complexity index is 2290. The monoisotopic (exact) mass is 986 g/mol. The van der Waals surface area contributed by atoms with Gasteiger partial charge in [0.25, 0.3) is 11.8 Å². The maximum atomic E-state index is 14.5. The summed E-state index contributed by atoms with van der Waals surface area (Å²) in [6.45, 7) is 16.5. The van der Waals surface area contributed by atoms with Crippen molar-refractivity contribution in [3.63, 3.8) is 0 Å². The van der Waals surface area contributed by atoms with Crippen molar-refractivity contribution in [2.75, 3.05) is 20.8 Å². The van der Waals surface area contributed by atoms with Gasteiger partial charge in [0.1, 0.15) is 35.9 Å². The second-order valence-corrected chi connectivity index (χ2v) is 21.6. The van der Waals surface area contributed by atoms with Crippen LogP contribution in [0, 0.1) is 35.5 Å². The van der Waals surface area contributed by atoms with E-state index in [2.05, 4.69) is 59.8 Å². The largest absolute Gasteiger partial charge is 0.462 e. The Morgan fingerprint density at radius 3 is 2.24 bits per heavy atom. The molecule has 2 bridgehead atoms. The van der Waals surface area contributed by atoms with Gasteiger partial charge in [-0.3, -0.25) is 19.2 Å². The highest BCUT2D eigenvalue weighted by molar-refractivity contribution is 6.20. The number of allylic oxidation sites excluding steroid dienone is 3. The molecule has 1 aromatic rings. The second-order valence-electron chi connectivity index (χ2n) is 21.6. The van der Waals surface area contributed by atoms with E-state index in [9.17, 15) is 24.6 Å². The molecule has 20 atom stereocenters. The molecule has 71 heavy (non-hydrogen) atoms. The molecule has 2 amide bonds. The Labute approximate surface area is 418 Å². The maximum Gasteiger partial charge on any atom is 0.316 e. The number of hydroxylamine groups is 2. The van der Waals surface area contributed by atoms with Crippen LogP contribution in [0.3, 0.4) is 0 Å². The lowest BCUT2D eigenvalue weighted by Crippen LogP contribution is -2.59. The summed E-state index contributed by atoms with van der Waals surface area (Å²) in [4.78, 5) is 47.2. The SMILES string of the molecule is CCC(C)[C@H]1O[C@]2(C=C[C@@H]1C)C[C@@H]1C[C@@H](C/C=C(\C)C([C@H]3C[C@H](OC)C([C@H]4C[C@H](OC)[C@H](ON5C(=O)c6ccccc6C5=O)[C@H](C)O4)[C@H](C)O3)[C@@H](C)/C=C/C=C3\CO[C@@H]4[C@H](O)C(C)=C[C@@H](C(=O)O1)[C@]34O)O2. The van der Waals surface area contributed by atoms with Crippen LogP contribution in [0.5, 0.6) is 0 Å². The molecule has 1 aromatic carbocycles. The number of amides is 2. The molecule has 388 valence electrons. The van der Waals surface area contributed by atoms with Gasteiger partial charge in [-0.25, -0.2) is 0 Å². The first kappa shape index (κ1) is 52.0. The van der Waals surface area contributed by atoms with Crippen LogP contribution in [0.2, 0.25) is 0 Å². The molecule has 7 aliphatic heterocycles. The van der Waals surface area contributed by atoms with Gasteiger partial charge in [0.05, 0.1) is 66.6 Å². The molecule has 15 heteroatoms. The highest BCUT2D eigenvalue weighted by Crippen LogP contribution is 2.48. The minimum absolute atomic E-state index is 0.0298. The lowest BCUT2D eigenvalue weighted by molar-refractivity contribution is -0.300. The minimum Gasteiger partial charge on any atom is -0.462 e. The first-order chi connectivity index (χ1) is 33.9. The van der Waals surface area contributed by atoms with Crippen LogP contribution < -0.4 is 0 Å². The van der Waals surface area contributed by atoms with Crippen molar-refractivity contribution in [2.45, 2.75) is 179 Å². The smallest absolute Gasteiger partial charge is 0.316 e. The van der Waals surface area contributed by atoms with Gasteiger partial charge >= 0.3 is 5.97 Å². The third-order valence-electron chi connectivity index (χ3n) is 17.1. The molecule has 0 radical (unpaired) electrons. The third kappa shape index (κ3) is 9.62. The number of benzene rings is 1. The predicted octanol–water partition coefficient (Wildman–Crippen LogP) is 7.16. The molecule has 1 spiro atoms. The number of aliphatic hydroxyl groups excluding tert-OH is 1. The average molecular weight is 986 g/mol. The highest BCUT2D eigenvalue weighted by Gasteiger charge is 2.60. The van der Waals surface area contributed by atoms with Crippen molar-refractivity contribution in [1.29, 1.82) is 0 Å². The number of imide groups is 1. The Hall–Kier alpha value is -3.87. The van der Waals surface area contributed by atoms with Crippen LogP contribution in [0.25, 0.3) is 0 Å². The summed E-state index contributed by atoms with van der Waals surface area (Å²) in [7, 11) is 3.32.